The van der Waals surface area contributed by atoms with Gasteiger partial charge >= 0.3 is 0 Å². The summed E-state index contributed by atoms with van der Waals surface area (Å²) in [6.07, 6.45) is 3.82. The van der Waals surface area contributed by atoms with Crippen LogP contribution in [0.25, 0.3) is 0 Å². The van der Waals surface area contributed by atoms with Gasteiger partial charge in [-0.2, -0.15) is 4.31 Å². The molecule has 1 fully saturated rings. The predicted molar refractivity (Wildman–Crippen MR) is 88.4 cm³/mol. The van der Waals surface area contributed by atoms with Gasteiger partial charge in [-0.25, -0.2) is 8.42 Å². The maximum atomic E-state index is 12.9. The van der Waals surface area contributed by atoms with Crippen molar-refractivity contribution >= 4 is 10.0 Å². The number of nitrogens with zero attached hydrogens (tertiary/aromatic N) is 1. The summed E-state index contributed by atoms with van der Waals surface area (Å²) < 4.78 is 32.7. The van der Waals surface area contributed by atoms with Gasteiger partial charge in [0.25, 0.3) is 0 Å². The average Bonchev–Trinajstić information content (AvgIpc) is 3.01. The van der Waals surface area contributed by atoms with E-state index in [4.69, 9.17) is 4.74 Å². The molecule has 1 aromatic carbocycles. The molecule has 1 aliphatic heterocycles. The Kier molecular flexibility index (Phi) is 6.41. The molecule has 1 aromatic rings. The molecular formula is C17H27NO3S. The summed E-state index contributed by atoms with van der Waals surface area (Å²) in [7, 11) is -3.40. The highest BCUT2D eigenvalue weighted by Crippen LogP contribution is 2.21. The van der Waals surface area contributed by atoms with Crippen molar-refractivity contribution in [3.63, 3.8) is 0 Å². The van der Waals surface area contributed by atoms with E-state index in [1.54, 1.807) is 16.4 Å². The molecule has 0 bridgehead atoms. The van der Waals surface area contributed by atoms with Gasteiger partial charge in [0.2, 0.25) is 10.0 Å². The Morgan fingerprint density at radius 3 is 2.45 bits per heavy atom. The second-order valence-corrected chi connectivity index (χ2v) is 7.92. The molecule has 0 amide bonds. The SMILES string of the molecule is CCCc1ccc(S(=O)(=O)N(CCC)CC2CCOC2)cc1. The van der Waals surface area contributed by atoms with Crippen LogP contribution in [0, 0.1) is 5.92 Å². The molecule has 0 radical (unpaired) electrons. The maximum Gasteiger partial charge on any atom is 0.243 e. The summed E-state index contributed by atoms with van der Waals surface area (Å²) in [6, 6.07) is 7.35. The van der Waals surface area contributed by atoms with Crippen LogP contribution in [0.4, 0.5) is 0 Å². The Labute approximate surface area is 134 Å². The van der Waals surface area contributed by atoms with Gasteiger partial charge in [-0.1, -0.05) is 32.4 Å². The van der Waals surface area contributed by atoms with E-state index in [9.17, 15) is 8.42 Å². The van der Waals surface area contributed by atoms with Crippen LogP contribution in [0.5, 0.6) is 0 Å². The standard InChI is InChI=1S/C17H27NO3S/c1-3-5-15-6-8-17(9-7-15)22(19,20)18(11-4-2)13-16-10-12-21-14-16/h6-9,16H,3-5,10-14H2,1-2H3. The third-order valence-electron chi connectivity index (χ3n) is 4.06. The van der Waals surface area contributed by atoms with Crippen molar-refractivity contribution in [3.8, 4) is 0 Å². The molecule has 0 N–H and O–H groups in total. The van der Waals surface area contributed by atoms with Gasteiger partial charge < -0.3 is 4.74 Å². The van der Waals surface area contributed by atoms with Crippen molar-refractivity contribution in [1.29, 1.82) is 0 Å². The molecule has 0 aliphatic carbocycles. The minimum absolute atomic E-state index is 0.320. The molecule has 0 spiro atoms. The van der Waals surface area contributed by atoms with Crippen molar-refractivity contribution < 1.29 is 13.2 Å². The highest BCUT2D eigenvalue weighted by molar-refractivity contribution is 7.89. The van der Waals surface area contributed by atoms with Gasteiger partial charge in [-0.05, 0) is 42.9 Å². The van der Waals surface area contributed by atoms with Crippen LogP contribution in [0.1, 0.15) is 38.7 Å². The van der Waals surface area contributed by atoms with Gasteiger partial charge in [0.15, 0.2) is 0 Å². The molecule has 1 unspecified atom stereocenters. The first-order chi connectivity index (χ1) is 10.6. The third-order valence-corrected chi connectivity index (χ3v) is 5.94. The fraction of sp³-hybridized carbons (Fsp3) is 0.647. The molecule has 0 saturated carbocycles. The van der Waals surface area contributed by atoms with Crippen LogP contribution in [0.2, 0.25) is 0 Å². The third kappa shape index (κ3) is 4.31. The second kappa shape index (κ2) is 8.09. The van der Waals surface area contributed by atoms with E-state index in [1.165, 1.54) is 5.56 Å². The van der Waals surface area contributed by atoms with E-state index in [2.05, 4.69) is 6.92 Å². The molecule has 2 rings (SSSR count). The summed E-state index contributed by atoms with van der Waals surface area (Å²) in [6.45, 7) is 6.68. The lowest BCUT2D eigenvalue weighted by atomic mass is 10.1. The smallest absolute Gasteiger partial charge is 0.243 e. The van der Waals surface area contributed by atoms with Crippen LogP contribution < -0.4 is 0 Å². The normalized spacial score (nSPS) is 19.0. The molecule has 1 saturated heterocycles. The van der Waals surface area contributed by atoms with Crippen LogP contribution in [-0.2, 0) is 21.2 Å². The van der Waals surface area contributed by atoms with E-state index < -0.39 is 10.0 Å². The van der Waals surface area contributed by atoms with Crippen LogP contribution in [-0.4, -0.2) is 39.0 Å². The fourth-order valence-electron chi connectivity index (χ4n) is 2.84. The van der Waals surface area contributed by atoms with Gasteiger partial charge in [0, 0.05) is 19.7 Å². The van der Waals surface area contributed by atoms with E-state index >= 15 is 0 Å². The molecule has 1 atom stereocenters. The van der Waals surface area contributed by atoms with Gasteiger partial charge in [-0.3, -0.25) is 0 Å². The minimum atomic E-state index is -3.40. The molecule has 4 nitrogen and oxygen atoms in total. The molecule has 1 heterocycles. The number of benzene rings is 1. The lowest BCUT2D eigenvalue weighted by Crippen LogP contribution is -2.36. The van der Waals surface area contributed by atoms with Gasteiger partial charge in [0.05, 0.1) is 11.5 Å². The summed E-state index contributed by atoms with van der Waals surface area (Å²) in [5, 5.41) is 0. The molecule has 22 heavy (non-hydrogen) atoms. The topological polar surface area (TPSA) is 46.6 Å². The molecule has 5 heteroatoms. The Morgan fingerprint density at radius 1 is 1.18 bits per heavy atom. The number of hydrogen-bond donors (Lipinski definition) is 0. The van der Waals surface area contributed by atoms with Crippen LogP contribution >= 0.6 is 0 Å². The molecule has 0 aromatic heterocycles. The zero-order valence-electron chi connectivity index (χ0n) is 13.6. The Morgan fingerprint density at radius 2 is 1.91 bits per heavy atom. The molecule has 124 valence electrons. The monoisotopic (exact) mass is 325 g/mol. The number of hydrogen-bond acceptors (Lipinski definition) is 3. The molecule has 1 aliphatic rings. The summed E-state index contributed by atoms with van der Waals surface area (Å²) in [4.78, 5) is 0.403. The Hall–Kier alpha value is -0.910. The van der Waals surface area contributed by atoms with Crippen LogP contribution in [0.3, 0.4) is 0 Å². The quantitative estimate of drug-likeness (QED) is 0.738. The first kappa shape index (κ1) is 17.4. The number of ether oxygens (including phenoxy) is 1. The highest BCUT2D eigenvalue weighted by atomic mass is 32.2. The van der Waals surface area contributed by atoms with Crippen molar-refractivity contribution in [1.82, 2.24) is 4.31 Å². The summed E-state index contributed by atoms with van der Waals surface area (Å²) in [5.41, 5.74) is 1.19. The lowest BCUT2D eigenvalue weighted by molar-refractivity contribution is 0.180. The van der Waals surface area contributed by atoms with E-state index in [0.29, 0.717) is 30.5 Å². The number of sulfonamides is 1. The predicted octanol–water partition coefficient (Wildman–Crippen LogP) is 3.08. The molecular weight excluding hydrogens is 298 g/mol. The Bertz CT molecular complexity index is 548. The lowest BCUT2D eigenvalue weighted by Gasteiger charge is -2.24. The maximum absolute atomic E-state index is 12.9. The van der Waals surface area contributed by atoms with E-state index in [1.807, 2.05) is 19.1 Å². The summed E-state index contributed by atoms with van der Waals surface area (Å²) >= 11 is 0. The van der Waals surface area contributed by atoms with Gasteiger partial charge in [0.1, 0.15) is 0 Å². The van der Waals surface area contributed by atoms with Crippen molar-refractivity contribution in [2.24, 2.45) is 5.92 Å². The van der Waals surface area contributed by atoms with E-state index in [0.717, 1.165) is 32.3 Å². The largest absolute Gasteiger partial charge is 0.381 e. The zero-order valence-corrected chi connectivity index (χ0v) is 14.4. The Balaban J connectivity index is 2.15. The first-order valence-electron chi connectivity index (χ1n) is 8.24. The van der Waals surface area contributed by atoms with Crippen molar-refractivity contribution in [2.75, 3.05) is 26.3 Å². The average molecular weight is 325 g/mol. The van der Waals surface area contributed by atoms with Crippen molar-refractivity contribution in [3.05, 3.63) is 29.8 Å². The summed E-state index contributed by atoms with van der Waals surface area (Å²) in [5.74, 6) is 0.320. The highest BCUT2D eigenvalue weighted by Gasteiger charge is 2.28. The van der Waals surface area contributed by atoms with Gasteiger partial charge in [-0.15, -0.1) is 0 Å². The second-order valence-electron chi connectivity index (χ2n) is 5.99. The first-order valence-corrected chi connectivity index (χ1v) is 9.68. The van der Waals surface area contributed by atoms with Crippen LogP contribution in [0.15, 0.2) is 29.2 Å². The zero-order chi connectivity index (χ0) is 16.0. The van der Waals surface area contributed by atoms with E-state index in [-0.39, 0.29) is 0 Å². The van der Waals surface area contributed by atoms with Crippen molar-refractivity contribution in [2.45, 2.75) is 44.4 Å². The number of aryl methyl sites for hydroxylation is 1. The fourth-order valence-corrected chi connectivity index (χ4v) is 4.45. The minimum Gasteiger partial charge on any atom is -0.381 e. The number of rotatable bonds is 8.